The van der Waals surface area contributed by atoms with Crippen LogP contribution in [0.2, 0.25) is 0 Å². The SMILES string of the molecule is C=C(N)/C=C\C(=C/N)C1(CC2CCCC2)c2ccccc2-c2nccn21. The molecule has 1 fully saturated rings. The van der Waals surface area contributed by atoms with Crippen LogP contribution in [-0.2, 0) is 5.54 Å². The standard InChI is InChI=1S/C22H26N4/c1-16(24)10-11-18(15-23)22(14-17-6-2-3-7-17)20-9-5-4-8-19(20)21-25-12-13-26(21)22/h4-5,8-13,15,17H,1-3,6-7,14,23-24H2/b11-10-,18-15+. The van der Waals surface area contributed by atoms with Gasteiger partial charge in [0.1, 0.15) is 5.82 Å². The van der Waals surface area contributed by atoms with Crippen molar-refractivity contribution in [1.82, 2.24) is 9.55 Å². The number of allylic oxidation sites excluding steroid dienone is 3. The third kappa shape index (κ3) is 2.48. The summed E-state index contributed by atoms with van der Waals surface area (Å²) in [6, 6.07) is 8.55. The van der Waals surface area contributed by atoms with E-state index in [1.165, 1.54) is 36.8 Å². The van der Waals surface area contributed by atoms with Crippen LogP contribution in [0.1, 0.15) is 37.7 Å². The molecule has 0 spiro atoms. The maximum atomic E-state index is 6.16. The van der Waals surface area contributed by atoms with Gasteiger partial charge in [-0.3, -0.25) is 0 Å². The van der Waals surface area contributed by atoms with Crippen LogP contribution in [0.3, 0.4) is 0 Å². The minimum absolute atomic E-state index is 0.335. The Bertz CT molecular complexity index is 883. The van der Waals surface area contributed by atoms with Crippen molar-refractivity contribution in [3.63, 3.8) is 0 Å². The van der Waals surface area contributed by atoms with E-state index in [1.54, 1.807) is 6.20 Å². The van der Waals surface area contributed by atoms with Gasteiger partial charge in [0, 0.05) is 23.7 Å². The van der Waals surface area contributed by atoms with Crippen LogP contribution in [0, 0.1) is 5.92 Å². The van der Waals surface area contributed by atoms with E-state index < -0.39 is 0 Å². The van der Waals surface area contributed by atoms with E-state index in [1.807, 2.05) is 18.3 Å². The molecule has 0 amide bonds. The summed E-state index contributed by atoms with van der Waals surface area (Å²) in [6.07, 6.45) is 15.8. The molecule has 0 saturated heterocycles. The zero-order valence-electron chi connectivity index (χ0n) is 15.1. The molecule has 1 aliphatic carbocycles. The third-order valence-electron chi connectivity index (χ3n) is 5.86. The van der Waals surface area contributed by atoms with Crippen LogP contribution in [0.15, 0.2) is 72.9 Å². The molecule has 1 unspecified atom stereocenters. The van der Waals surface area contributed by atoms with Crippen molar-refractivity contribution in [3.8, 4) is 11.4 Å². The maximum absolute atomic E-state index is 6.16. The van der Waals surface area contributed by atoms with Crippen LogP contribution in [0.5, 0.6) is 0 Å². The fourth-order valence-corrected chi connectivity index (χ4v) is 4.76. The van der Waals surface area contributed by atoms with Gasteiger partial charge in [-0.25, -0.2) is 4.98 Å². The molecule has 1 aliphatic heterocycles. The van der Waals surface area contributed by atoms with E-state index in [9.17, 15) is 0 Å². The van der Waals surface area contributed by atoms with Crippen molar-refractivity contribution in [2.24, 2.45) is 17.4 Å². The number of imidazole rings is 1. The number of nitrogens with zero attached hydrogens (tertiary/aromatic N) is 2. The number of aromatic nitrogens is 2. The average Bonchev–Trinajstić information content (AvgIpc) is 3.36. The predicted octanol–water partition coefficient (Wildman–Crippen LogP) is 4.06. The molecule has 0 radical (unpaired) electrons. The Hall–Kier alpha value is -2.75. The molecule has 1 aromatic carbocycles. The van der Waals surface area contributed by atoms with E-state index in [0.29, 0.717) is 11.6 Å². The first-order valence-electron chi connectivity index (χ1n) is 9.35. The lowest BCUT2D eigenvalue weighted by molar-refractivity contribution is 0.330. The normalized spacial score (nSPS) is 22.7. The van der Waals surface area contributed by atoms with Gasteiger partial charge in [0.25, 0.3) is 0 Å². The molecule has 26 heavy (non-hydrogen) atoms. The maximum Gasteiger partial charge on any atom is 0.141 e. The van der Waals surface area contributed by atoms with E-state index >= 15 is 0 Å². The zero-order chi connectivity index (χ0) is 18.1. The molecule has 4 nitrogen and oxygen atoms in total. The highest BCUT2D eigenvalue weighted by atomic mass is 15.2. The Morgan fingerprint density at radius 2 is 2.04 bits per heavy atom. The second-order valence-electron chi connectivity index (χ2n) is 7.41. The summed E-state index contributed by atoms with van der Waals surface area (Å²) >= 11 is 0. The third-order valence-corrected chi connectivity index (χ3v) is 5.86. The lowest BCUT2D eigenvalue weighted by atomic mass is 9.75. The molecule has 1 saturated carbocycles. The highest BCUT2D eigenvalue weighted by Gasteiger charge is 2.46. The van der Waals surface area contributed by atoms with E-state index in [4.69, 9.17) is 11.5 Å². The van der Waals surface area contributed by atoms with Crippen molar-refractivity contribution in [3.05, 3.63) is 78.4 Å². The van der Waals surface area contributed by atoms with Crippen LogP contribution in [0.25, 0.3) is 11.4 Å². The summed E-state index contributed by atoms with van der Waals surface area (Å²) in [7, 11) is 0. The van der Waals surface area contributed by atoms with Crippen LogP contribution in [-0.4, -0.2) is 9.55 Å². The molecule has 1 atom stereocenters. The van der Waals surface area contributed by atoms with Crippen molar-refractivity contribution in [1.29, 1.82) is 0 Å². The van der Waals surface area contributed by atoms with Crippen molar-refractivity contribution < 1.29 is 0 Å². The molecule has 2 aliphatic rings. The van der Waals surface area contributed by atoms with Gasteiger partial charge < -0.3 is 16.0 Å². The minimum atomic E-state index is -0.335. The first-order chi connectivity index (χ1) is 12.7. The quantitative estimate of drug-likeness (QED) is 0.802. The van der Waals surface area contributed by atoms with Crippen molar-refractivity contribution >= 4 is 0 Å². The number of benzene rings is 1. The summed E-state index contributed by atoms with van der Waals surface area (Å²) in [4.78, 5) is 4.65. The number of fused-ring (bicyclic) bond motifs is 3. The second kappa shape index (κ2) is 6.52. The molecule has 0 bridgehead atoms. The summed E-state index contributed by atoms with van der Waals surface area (Å²) in [6.45, 7) is 3.80. The van der Waals surface area contributed by atoms with Crippen LogP contribution in [0.4, 0.5) is 0 Å². The first kappa shape index (κ1) is 16.7. The van der Waals surface area contributed by atoms with Gasteiger partial charge in [-0.05, 0) is 35.8 Å². The molecule has 4 rings (SSSR count). The zero-order valence-corrected chi connectivity index (χ0v) is 15.1. The van der Waals surface area contributed by atoms with Gasteiger partial charge in [0.2, 0.25) is 0 Å². The van der Waals surface area contributed by atoms with Crippen molar-refractivity contribution in [2.75, 3.05) is 0 Å². The Labute approximate surface area is 154 Å². The second-order valence-corrected chi connectivity index (χ2v) is 7.41. The Kier molecular flexibility index (Phi) is 4.19. The minimum Gasteiger partial charge on any atom is -0.404 e. The van der Waals surface area contributed by atoms with Gasteiger partial charge in [-0.15, -0.1) is 0 Å². The van der Waals surface area contributed by atoms with Gasteiger partial charge >= 0.3 is 0 Å². The van der Waals surface area contributed by atoms with Crippen LogP contribution < -0.4 is 11.5 Å². The molecular formula is C22H26N4. The van der Waals surface area contributed by atoms with Crippen LogP contribution >= 0.6 is 0 Å². The van der Waals surface area contributed by atoms with Gasteiger partial charge in [-0.2, -0.15) is 0 Å². The molecular weight excluding hydrogens is 320 g/mol. The Morgan fingerprint density at radius 3 is 2.77 bits per heavy atom. The number of hydrogen-bond acceptors (Lipinski definition) is 3. The van der Waals surface area contributed by atoms with Crippen molar-refractivity contribution in [2.45, 2.75) is 37.6 Å². The fraction of sp³-hybridized carbons (Fsp3) is 0.318. The van der Waals surface area contributed by atoms with Gasteiger partial charge in [0.05, 0.1) is 5.54 Å². The summed E-state index contributed by atoms with van der Waals surface area (Å²) in [5, 5.41) is 0. The lowest BCUT2D eigenvalue weighted by Crippen LogP contribution is -2.36. The molecule has 2 heterocycles. The topological polar surface area (TPSA) is 69.9 Å². The number of hydrogen-bond donors (Lipinski definition) is 2. The predicted molar refractivity (Wildman–Crippen MR) is 106 cm³/mol. The summed E-state index contributed by atoms with van der Waals surface area (Å²) < 4.78 is 2.30. The fourth-order valence-electron chi connectivity index (χ4n) is 4.76. The molecule has 134 valence electrons. The highest BCUT2D eigenvalue weighted by molar-refractivity contribution is 5.71. The smallest absolute Gasteiger partial charge is 0.141 e. The Morgan fingerprint density at radius 1 is 1.27 bits per heavy atom. The Balaban J connectivity index is 1.93. The first-order valence-corrected chi connectivity index (χ1v) is 9.35. The van der Waals surface area contributed by atoms with Gasteiger partial charge in [0.15, 0.2) is 0 Å². The highest BCUT2D eigenvalue weighted by Crippen LogP contribution is 2.52. The van der Waals surface area contributed by atoms with E-state index in [0.717, 1.165) is 17.8 Å². The summed E-state index contributed by atoms with van der Waals surface area (Å²) in [5.41, 5.74) is 15.7. The van der Waals surface area contributed by atoms with E-state index in [2.05, 4.69) is 46.6 Å². The lowest BCUT2D eigenvalue weighted by Gasteiger charge is -2.36. The molecule has 4 heteroatoms. The average molecular weight is 346 g/mol. The molecule has 4 N–H and O–H groups in total. The molecule has 2 aromatic rings. The summed E-state index contributed by atoms with van der Waals surface area (Å²) in [5.74, 6) is 1.69. The van der Waals surface area contributed by atoms with E-state index in [-0.39, 0.29) is 5.54 Å². The monoisotopic (exact) mass is 346 g/mol. The molecule has 1 aromatic heterocycles. The van der Waals surface area contributed by atoms with Gasteiger partial charge in [-0.1, -0.05) is 62.6 Å². The largest absolute Gasteiger partial charge is 0.404 e. The number of rotatable bonds is 5. The number of nitrogens with two attached hydrogens (primary N) is 2.